The third kappa shape index (κ3) is 5.59. The summed E-state index contributed by atoms with van der Waals surface area (Å²) in [6.45, 7) is 3.23. The van der Waals surface area contributed by atoms with E-state index in [4.69, 9.17) is 26.4 Å². The second-order valence-electron chi connectivity index (χ2n) is 8.38. The number of carbonyl (C=O) groups is 2. The Morgan fingerprint density at radius 3 is 1.55 bits per heavy atom. The molecule has 4 rings (SSSR count). The number of benzene rings is 2. The minimum Gasteiger partial charge on any atom is -0.478 e. The summed E-state index contributed by atoms with van der Waals surface area (Å²) in [6, 6.07) is 5.46. The molecule has 11 nitrogen and oxygen atoms in total. The maximum Gasteiger partial charge on any atom is 0.335 e. The van der Waals surface area contributed by atoms with Gasteiger partial charge in [0.15, 0.2) is 19.7 Å². The van der Waals surface area contributed by atoms with Crippen LogP contribution in [0.25, 0.3) is 0 Å². The van der Waals surface area contributed by atoms with Gasteiger partial charge < -0.3 is 14.8 Å². The molecule has 2 heterocycles. The maximum absolute atomic E-state index is 12.0. The largest absolute Gasteiger partial charge is 0.478 e. The zero-order chi connectivity index (χ0) is 28.4. The van der Waals surface area contributed by atoms with Crippen molar-refractivity contribution in [2.45, 2.75) is 36.5 Å². The summed E-state index contributed by atoms with van der Waals surface area (Å²) < 4.78 is 48.1. The average Bonchev–Trinajstić information content (AvgIpc) is 2.83. The van der Waals surface area contributed by atoms with Gasteiger partial charge in [-0.2, -0.15) is 0 Å². The fraction of sp³-hybridized carbons (Fsp3) is 0.333. The second-order valence-corrected chi connectivity index (χ2v) is 12.9. The van der Waals surface area contributed by atoms with Crippen LogP contribution in [0.5, 0.6) is 0 Å². The van der Waals surface area contributed by atoms with Gasteiger partial charge in [0.1, 0.15) is 14.2 Å². The van der Waals surface area contributed by atoms with Crippen LogP contribution in [0.15, 0.2) is 44.4 Å². The number of sulfone groups is 2. The summed E-state index contributed by atoms with van der Waals surface area (Å²) >= 11 is 5.49. The van der Waals surface area contributed by atoms with E-state index in [-0.39, 0.29) is 45.3 Å². The predicted molar refractivity (Wildman–Crippen MR) is 140 cm³/mol. The van der Waals surface area contributed by atoms with E-state index in [9.17, 15) is 26.4 Å². The zero-order valence-corrected chi connectivity index (χ0v) is 23.3. The summed E-state index contributed by atoms with van der Waals surface area (Å²) in [5, 5.41) is 16.1. The fourth-order valence-corrected chi connectivity index (χ4v) is 7.67. The normalized spacial score (nSPS) is 19.0. The van der Waals surface area contributed by atoms with E-state index in [0.717, 1.165) is 0 Å². The highest BCUT2D eigenvalue weighted by atomic mass is 35.5. The maximum atomic E-state index is 12.0. The van der Waals surface area contributed by atoms with Gasteiger partial charge in [-0.05, 0) is 60.8 Å². The first-order chi connectivity index (χ1) is 17.8. The molecule has 0 saturated heterocycles. The Kier molecular flexibility index (Phi) is 8.64. The highest BCUT2D eigenvalue weighted by molar-refractivity contribution is 7.92. The van der Waals surface area contributed by atoms with E-state index in [1.807, 2.05) is 0 Å². The smallest absolute Gasteiger partial charge is 0.335 e. The Morgan fingerprint density at radius 1 is 0.789 bits per heavy atom. The van der Waals surface area contributed by atoms with E-state index in [0.29, 0.717) is 33.7 Å². The number of nitrogens with zero attached hydrogens (tertiary/aromatic N) is 2. The van der Waals surface area contributed by atoms with Crippen LogP contribution in [0.2, 0.25) is 0 Å². The summed E-state index contributed by atoms with van der Waals surface area (Å²) in [4.78, 5) is 32.2. The predicted octanol–water partition coefficient (Wildman–Crippen LogP) is 3.12. The van der Waals surface area contributed by atoms with Gasteiger partial charge in [-0.15, -0.1) is 0 Å². The number of hydrogen-bond donors (Lipinski definition) is 1. The van der Waals surface area contributed by atoms with Gasteiger partial charge in [0.2, 0.25) is 0 Å². The topological polar surface area (TPSA) is 166 Å². The molecule has 204 valence electrons. The molecule has 0 bridgehead atoms. The molecular formula is C24H25ClN2O9S2. The van der Waals surface area contributed by atoms with Gasteiger partial charge in [0, 0.05) is 29.5 Å². The number of rotatable bonds is 4. The van der Waals surface area contributed by atoms with Crippen molar-refractivity contribution < 1.29 is 41.2 Å². The number of carbonyl (C=O) groups excluding carboxylic acids is 1. The molecule has 0 saturated carbocycles. The van der Waals surface area contributed by atoms with Crippen LogP contribution in [0.1, 0.15) is 55.8 Å². The van der Waals surface area contributed by atoms with Crippen molar-refractivity contribution in [3.05, 3.63) is 57.6 Å². The number of carboxylic acids is 1. The van der Waals surface area contributed by atoms with Gasteiger partial charge in [0.25, 0.3) is 5.24 Å². The van der Waals surface area contributed by atoms with Crippen LogP contribution < -0.4 is 0 Å². The molecule has 1 N–H and O–H groups in total. The Morgan fingerprint density at radius 2 is 1.18 bits per heavy atom. The Balaban J connectivity index is 0.000000211. The Bertz CT molecular complexity index is 1480. The standard InChI is InChI=1S/C12H12ClNO4S.C12H13NO5S/c1-7-8(12(13)15)3-4-10-11(7)9(14-18-2)5-6-19(10,16)17;1-7-8(12(14)15)3-4-10-11(7)9(13-18-2)5-6-19(10,16)17/h3-4H,5-6H2,1-2H3;3-4H,5-6H2,1-2H3,(H,14,15)/b14-9-;13-9-. The van der Waals surface area contributed by atoms with Crippen LogP contribution in [0, 0.1) is 13.8 Å². The van der Waals surface area contributed by atoms with Crippen molar-refractivity contribution >= 4 is 53.9 Å². The summed E-state index contributed by atoms with van der Waals surface area (Å²) in [6.07, 6.45) is 0.469. The van der Waals surface area contributed by atoms with Gasteiger partial charge in [-0.25, -0.2) is 21.6 Å². The summed E-state index contributed by atoms with van der Waals surface area (Å²) in [5.74, 6) is -1.16. The third-order valence-corrected chi connectivity index (χ3v) is 9.87. The molecular weight excluding hydrogens is 560 g/mol. The lowest BCUT2D eigenvalue weighted by Crippen LogP contribution is -2.24. The van der Waals surface area contributed by atoms with Crippen molar-refractivity contribution in [3.8, 4) is 0 Å². The highest BCUT2D eigenvalue weighted by Gasteiger charge is 2.32. The van der Waals surface area contributed by atoms with Crippen LogP contribution in [0.4, 0.5) is 0 Å². The van der Waals surface area contributed by atoms with Crippen molar-refractivity contribution in [3.63, 3.8) is 0 Å². The molecule has 14 heteroatoms. The number of oxime groups is 2. The number of carboxylic acid groups (broad SMARTS) is 1. The molecule has 0 unspecified atom stereocenters. The summed E-state index contributed by atoms with van der Waals surface area (Å²) in [5.41, 5.74) is 3.02. The minimum absolute atomic E-state index is 0.0181. The first-order valence-corrected chi connectivity index (χ1v) is 14.8. The van der Waals surface area contributed by atoms with Crippen molar-refractivity contribution in [2.24, 2.45) is 10.3 Å². The van der Waals surface area contributed by atoms with E-state index < -0.39 is 30.9 Å². The summed E-state index contributed by atoms with van der Waals surface area (Å²) in [7, 11) is -3.98. The quantitative estimate of drug-likeness (QED) is 0.419. The van der Waals surface area contributed by atoms with Crippen LogP contribution >= 0.6 is 11.6 Å². The molecule has 0 radical (unpaired) electrons. The molecule has 38 heavy (non-hydrogen) atoms. The van der Waals surface area contributed by atoms with Crippen LogP contribution in [0.3, 0.4) is 0 Å². The lowest BCUT2D eigenvalue weighted by Gasteiger charge is -2.20. The van der Waals surface area contributed by atoms with Gasteiger partial charge in [-0.1, -0.05) is 10.3 Å². The molecule has 0 aliphatic carbocycles. The molecule has 2 aliphatic heterocycles. The molecule has 2 aliphatic rings. The Hall–Kier alpha value is -3.29. The number of hydrogen-bond acceptors (Lipinski definition) is 10. The molecule has 2 aromatic carbocycles. The second kappa shape index (κ2) is 11.2. The number of halogens is 1. The number of aromatic carboxylic acids is 1. The number of fused-ring (bicyclic) bond motifs is 2. The van der Waals surface area contributed by atoms with Gasteiger partial charge in [-0.3, -0.25) is 4.79 Å². The highest BCUT2D eigenvalue weighted by Crippen LogP contribution is 2.31. The van der Waals surface area contributed by atoms with Gasteiger partial charge >= 0.3 is 5.97 Å². The zero-order valence-electron chi connectivity index (χ0n) is 20.9. The van der Waals surface area contributed by atoms with Crippen molar-refractivity contribution in [1.29, 1.82) is 0 Å². The molecule has 0 amide bonds. The van der Waals surface area contributed by atoms with Crippen molar-refractivity contribution in [1.82, 2.24) is 0 Å². The lowest BCUT2D eigenvalue weighted by atomic mass is 9.97. The van der Waals surface area contributed by atoms with Crippen molar-refractivity contribution in [2.75, 3.05) is 25.7 Å². The van der Waals surface area contributed by atoms with E-state index in [2.05, 4.69) is 10.3 Å². The monoisotopic (exact) mass is 584 g/mol. The fourth-order valence-electron chi connectivity index (χ4n) is 4.39. The molecule has 0 fully saturated rings. The van der Waals surface area contributed by atoms with Gasteiger partial charge in [0.05, 0.1) is 38.3 Å². The lowest BCUT2D eigenvalue weighted by molar-refractivity contribution is 0.0695. The molecule has 0 atom stereocenters. The van der Waals surface area contributed by atoms with E-state index >= 15 is 0 Å². The van der Waals surface area contributed by atoms with E-state index in [1.54, 1.807) is 13.8 Å². The van der Waals surface area contributed by atoms with Crippen LogP contribution in [-0.2, 0) is 29.3 Å². The minimum atomic E-state index is -3.39. The molecule has 0 spiro atoms. The third-order valence-electron chi connectivity index (χ3n) is 6.16. The average molecular weight is 585 g/mol. The molecule has 0 aromatic heterocycles. The van der Waals surface area contributed by atoms with E-state index in [1.165, 1.54) is 38.5 Å². The molecule has 2 aromatic rings. The Labute approximate surface area is 224 Å². The SMILES string of the molecule is CO/N=C1/CCS(=O)(=O)c2ccc(C(=O)Cl)c(C)c21.CO/N=C1/CCS(=O)(=O)c2ccc(C(=O)O)c(C)c21. The first-order valence-electron chi connectivity index (χ1n) is 11.1. The van der Waals surface area contributed by atoms with Crippen LogP contribution in [-0.4, -0.2) is 70.3 Å². The first kappa shape index (κ1) is 29.3.